The molecule has 1 atom stereocenters. The van der Waals surface area contributed by atoms with E-state index in [1.54, 1.807) is 0 Å². The molecule has 1 aliphatic heterocycles. The monoisotopic (exact) mass is 360 g/mol. The molecule has 3 heterocycles. The van der Waals surface area contributed by atoms with Crippen LogP contribution in [0.2, 0.25) is 5.15 Å². The van der Waals surface area contributed by atoms with Crippen molar-refractivity contribution in [2.45, 2.75) is 25.9 Å². The van der Waals surface area contributed by atoms with Gasteiger partial charge in [0.2, 0.25) is 0 Å². The summed E-state index contributed by atoms with van der Waals surface area (Å²) in [4.78, 5) is 17.6. The van der Waals surface area contributed by atoms with Crippen molar-refractivity contribution in [3.8, 4) is 0 Å². The average molecular weight is 361 g/mol. The van der Waals surface area contributed by atoms with Crippen molar-refractivity contribution in [1.82, 2.24) is 10.3 Å². The molecule has 0 saturated carbocycles. The summed E-state index contributed by atoms with van der Waals surface area (Å²) in [6, 6.07) is 7.90. The molecule has 6 heteroatoms. The Bertz CT molecular complexity index is 932. The van der Waals surface area contributed by atoms with Crippen molar-refractivity contribution in [3.63, 3.8) is 0 Å². The fourth-order valence-electron chi connectivity index (χ4n) is 3.05. The van der Waals surface area contributed by atoms with Gasteiger partial charge in [-0.2, -0.15) is 0 Å². The van der Waals surface area contributed by atoms with Gasteiger partial charge in [-0.05, 0) is 38.0 Å². The minimum absolute atomic E-state index is 0.0800. The second-order valence-corrected chi connectivity index (χ2v) is 7.53. The lowest BCUT2D eigenvalue weighted by molar-refractivity contribution is 0.0861. The predicted octanol–water partition coefficient (Wildman–Crippen LogP) is 4.32. The second kappa shape index (κ2) is 6.31. The quantitative estimate of drug-likeness (QED) is 0.708. The van der Waals surface area contributed by atoms with Gasteiger partial charge in [0.15, 0.2) is 0 Å². The van der Waals surface area contributed by atoms with Gasteiger partial charge in [0.25, 0.3) is 5.91 Å². The number of nitrogens with zero attached hydrogens (tertiary/aromatic N) is 1. The Morgan fingerprint density at radius 3 is 3.08 bits per heavy atom. The normalized spacial score (nSPS) is 17.7. The fourth-order valence-corrected chi connectivity index (χ4v) is 4.45. The van der Waals surface area contributed by atoms with Crippen LogP contribution in [0.1, 0.15) is 28.1 Å². The summed E-state index contributed by atoms with van der Waals surface area (Å²) in [7, 11) is 0. The summed E-state index contributed by atoms with van der Waals surface area (Å²) >= 11 is 7.78. The Hall–Kier alpha value is -1.69. The highest BCUT2D eigenvalue weighted by Crippen LogP contribution is 2.36. The highest BCUT2D eigenvalue weighted by atomic mass is 35.5. The van der Waals surface area contributed by atoms with Crippen LogP contribution in [-0.2, 0) is 4.74 Å². The molecular formula is C18H17ClN2O2S. The van der Waals surface area contributed by atoms with E-state index in [4.69, 9.17) is 16.3 Å². The van der Waals surface area contributed by atoms with Gasteiger partial charge in [0.05, 0.1) is 16.5 Å². The molecule has 4 rings (SSSR count). The summed E-state index contributed by atoms with van der Waals surface area (Å²) in [5.74, 6) is -0.0800. The molecule has 0 aliphatic carbocycles. The number of carbonyl (C=O) groups excluding carboxylic acids is 1. The number of aromatic nitrogens is 1. The van der Waals surface area contributed by atoms with Gasteiger partial charge in [-0.3, -0.25) is 4.79 Å². The number of benzene rings is 1. The summed E-state index contributed by atoms with van der Waals surface area (Å²) in [6.45, 7) is 3.39. The van der Waals surface area contributed by atoms with Crippen LogP contribution in [-0.4, -0.2) is 30.1 Å². The number of amides is 1. The Labute approximate surface area is 148 Å². The molecule has 3 aromatic rings. The summed E-state index contributed by atoms with van der Waals surface area (Å²) < 4.78 is 6.56. The molecule has 4 nitrogen and oxygen atoms in total. The lowest BCUT2D eigenvalue weighted by atomic mass is 10.1. The number of fused-ring (bicyclic) bond motifs is 3. The van der Waals surface area contributed by atoms with Crippen molar-refractivity contribution >= 4 is 49.8 Å². The SMILES string of the molecule is Cc1ccc2nc(Cl)c3cc(C(=O)NC[C@@H]4CCCO4)sc3c2c1. The van der Waals surface area contributed by atoms with Crippen LogP contribution in [0.5, 0.6) is 0 Å². The minimum Gasteiger partial charge on any atom is -0.376 e. The number of halogens is 1. The number of carbonyl (C=O) groups is 1. The molecule has 0 radical (unpaired) electrons. The van der Waals surface area contributed by atoms with E-state index < -0.39 is 0 Å². The van der Waals surface area contributed by atoms with Gasteiger partial charge < -0.3 is 10.1 Å². The van der Waals surface area contributed by atoms with E-state index in [-0.39, 0.29) is 12.0 Å². The van der Waals surface area contributed by atoms with E-state index in [1.165, 1.54) is 11.3 Å². The van der Waals surface area contributed by atoms with Gasteiger partial charge in [0.1, 0.15) is 5.15 Å². The van der Waals surface area contributed by atoms with Crippen LogP contribution in [0, 0.1) is 6.92 Å². The van der Waals surface area contributed by atoms with Gasteiger partial charge in [0, 0.05) is 28.6 Å². The lowest BCUT2D eigenvalue weighted by Gasteiger charge is -2.09. The zero-order valence-electron chi connectivity index (χ0n) is 13.3. The third kappa shape index (κ3) is 2.88. The number of rotatable bonds is 3. The molecule has 1 amide bonds. The van der Waals surface area contributed by atoms with Crippen LogP contribution in [0.4, 0.5) is 0 Å². The van der Waals surface area contributed by atoms with Crippen molar-refractivity contribution < 1.29 is 9.53 Å². The van der Waals surface area contributed by atoms with Gasteiger partial charge in [-0.25, -0.2) is 4.98 Å². The fraction of sp³-hybridized carbons (Fsp3) is 0.333. The number of pyridine rings is 1. The molecule has 2 aromatic heterocycles. The van der Waals surface area contributed by atoms with Crippen LogP contribution >= 0.6 is 22.9 Å². The first-order valence-electron chi connectivity index (χ1n) is 8.01. The summed E-state index contributed by atoms with van der Waals surface area (Å²) in [5, 5.41) is 5.28. The smallest absolute Gasteiger partial charge is 0.261 e. The molecule has 1 aliphatic rings. The highest BCUT2D eigenvalue weighted by molar-refractivity contribution is 7.21. The Morgan fingerprint density at radius 1 is 1.42 bits per heavy atom. The molecule has 124 valence electrons. The van der Waals surface area contributed by atoms with Crippen LogP contribution in [0.25, 0.3) is 21.0 Å². The molecule has 0 spiro atoms. The average Bonchev–Trinajstić information content (AvgIpc) is 3.23. The lowest BCUT2D eigenvalue weighted by Crippen LogP contribution is -2.31. The van der Waals surface area contributed by atoms with Crippen LogP contribution in [0.15, 0.2) is 24.3 Å². The van der Waals surface area contributed by atoms with Crippen LogP contribution in [0.3, 0.4) is 0 Å². The van der Waals surface area contributed by atoms with E-state index in [2.05, 4.69) is 16.4 Å². The van der Waals surface area contributed by atoms with E-state index in [0.29, 0.717) is 16.6 Å². The van der Waals surface area contributed by atoms with E-state index in [9.17, 15) is 4.79 Å². The molecule has 1 saturated heterocycles. The summed E-state index contributed by atoms with van der Waals surface area (Å²) in [6.07, 6.45) is 2.21. The van der Waals surface area contributed by atoms with Crippen molar-refractivity contribution in [2.24, 2.45) is 0 Å². The molecule has 1 aromatic carbocycles. The topological polar surface area (TPSA) is 51.2 Å². The molecule has 0 bridgehead atoms. The third-order valence-corrected chi connectivity index (χ3v) is 5.76. The maximum absolute atomic E-state index is 12.5. The number of aryl methyl sites for hydroxylation is 1. The molecule has 0 unspecified atom stereocenters. The number of hydrogen-bond acceptors (Lipinski definition) is 4. The van der Waals surface area contributed by atoms with Gasteiger partial charge >= 0.3 is 0 Å². The second-order valence-electron chi connectivity index (χ2n) is 6.12. The predicted molar refractivity (Wildman–Crippen MR) is 98.2 cm³/mol. The number of thiophene rings is 1. The minimum atomic E-state index is -0.0800. The van der Waals surface area contributed by atoms with Gasteiger partial charge in [-0.15, -0.1) is 11.3 Å². The summed E-state index contributed by atoms with van der Waals surface area (Å²) in [5.41, 5.74) is 2.01. The molecule has 24 heavy (non-hydrogen) atoms. The Balaban J connectivity index is 1.69. The Morgan fingerprint density at radius 2 is 2.29 bits per heavy atom. The first kappa shape index (κ1) is 15.8. The van der Waals surface area contributed by atoms with Crippen molar-refractivity contribution in [1.29, 1.82) is 0 Å². The Kier molecular flexibility index (Phi) is 4.16. The van der Waals surface area contributed by atoms with Crippen molar-refractivity contribution in [3.05, 3.63) is 39.9 Å². The maximum Gasteiger partial charge on any atom is 0.261 e. The standard InChI is InChI=1S/C18H17ClN2O2S/c1-10-4-5-14-12(7-10)16-13(17(19)21-14)8-15(24-16)18(22)20-9-11-3-2-6-23-11/h4-5,7-8,11H,2-3,6,9H2,1H3,(H,20,22)/t11-/m0/s1. The van der Waals surface area contributed by atoms with Gasteiger partial charge in [-0.1, -0.05) is 23.2 Å². The molecule has 1 N–H and O–H groups in total. The third-order valence-electron chi connectivity index (χ3n) is 4.31. The largest absolute Gasteiger partial charge is 0.376 e. The van der Waals surface area contributed by atoms with Crippen LogP contribution < -0.4 is 5.32 Å². The zero-order valence-corrected chi connectivity index (χ0v) is 14.8. The van der Waals surface area contributed by atoms with E-state index in [0.717, 1.165) is 46.0 Å². The molecule has 1 fully saturated rings. The molecular weight excluding hydrogens is 344 g/mol. The first-order chi connectivity index (χ1) is 11.6. The zero-order chi connectivity index (χ0) is 16.7. The number of ether oxygens (including phenoxy) is 1. The maximum atomic E-state index is 12.5. The van der Waals surface area contributed by atoms with Crippen molar-refractivity contribution in [2.75, 3.05) is 13.2 Å². The highest BCUT2D eigenvalue weighted by Gasteiger charge is 2.19. The first-order valence-corrected chi connectivity index (χ1v) is 9.20. The van der Waals surface area contributed by atoms with E-state index >= 15 is 0 Å². The van der Waals surface area contributed by atoms with E-state index in [1.807, 2.05) is 25.1 Å². The number of hydrogen-bond donors (Lipinski definition) is 1. The number of nitrogens with one attached hydrogen (secondary N) is 1.